The highest BCUT2D eigenvalue weighted by molar-refractivity contribution is 6.15. The molecule has 0 saturated carbocycles. The quantitative estimate of drug-likeness (QED) is 0.727. The molecular formula is C23H22N4O3. The molecule has 1 spiro atoms. The van der Waals surface area contributed by atoms with Gasteiger partial charge in [-0.1, -0.05) is 25.1 Å². The summed E-state index contributed by atoms with van der Waals surface area (Å²) in [6, 6.07) is 15.2. The molecule has 3 heterocycles. The van der Waals surface area contributed by atoms with Gasteiger partial charge >= 0.3 is 0 Å². The monoisotopic (exact) mass is 402 g/mol. The molecule has 1 atom stereocenters. The summed E-state index contributed by atoms with van der Waals surface area (Å²) in [5, 5.41) is 7.49. The number of nitrogens with zero attached hydrogens (tertiary/aromatic N) is 3. The Hall–Kier alpha value is -3.61. The highest BCUT2D eigenvalue weighted by Crippen LogP contribution is 2.52. The van der Waals surface area contributed by atoms with E-state index in [4.69, 9.17) is 4.74 Å². The first-order valence-corrected chi connectivity index (χ1v) is 10.0. The van der Waals surface area contributed by atoms with Crippen LogP contribution in [0.5, 0.6) is 5.75 Å². The maximum absolute atomic E-state index is 13.8. The van der Waals surface area contributed by atoms with E-state index >= 15 is 0 Å². The van der Waals surface area contributed by atoms with E-state index in [1.54, 1.807) is 18.0 Å². The number of methoxy groups -OCH3 is 1. The Balaban J connectivity index is 1.71. The first-order valence-electron chi connectivity index (χ1n) is 10.0. The summed E-state index contributed by atoms with van der Waals surface area (Å²) in [5.41, 5.74) is 2.21. The van der Waals surface area contributed by atoms with Gasteiger partial charge in [0, 0.05) is 24.2 Å². The lowest BCUT2D eigenvalue weighted by molar-refractivity contribution is -0.126. The normalized spacial score (nSPS) is 19.6. The summed E-state index contributed by atoms with van der Waals surface area (Å²) >= 11 is 0. The molecule has 0 radical (unpaired) electrons. The fourth-order valence-electron chi connectivity index (χ4n) is 4.61. The third-order valence-electron chi connectivity index (χ3n) is 5.94. The van der Waals surface area contributed by atoms with Crippen LogP contribution < -0.4 is 15.0 Å². The molecular weight excluding hydrogens is 380 g/mol. The molecule has 0 unspecified atom stereocenters. The van der Waals surface area contributed by atoms with Crippen molar-refractivity contribution in [2.45, 2.75) is 25.2 Å². The molecule has 152 valence electrons. The van der Waals surface area contributed by atoms with Gasteiger partial charge in [0.2, 0.25) is 11.8 Å². The lowest BCUT2D eigenvalue weighted by Crippen LogP contribution is -2.46. The van der Waals surface area contributed by atoms with Crippen molar-refractivity contribution in [2.75, 3.05) is 23.9 Å². The van der Waals surface area contributed by atoms with Crippen LogP contribution in [0.2, 0.25) is 0 Å². The van der Waals surface area contributed by atoms with Gasteiger partial charge in [0.15, 0.2) is 0 Å². The van der Waals surface area contributed by atoms with Crippen molar-refractivity contribution in [3.05, 3.63) is 65.9 Å². The van der Waals surface area contributed by atoms with Crippen molar-refractivity contribution in [3.8, 4) is 11.4 Å². The number of ether oxygens (including phenoxy) is 1. The Labute approximate surface area is 174 Å². The molecule has 0 bridgehead atoms. The van der Waals surface area contributed by atoms with E-state index in [2.05, 4.69) is 10.4 Å². The molecule has 2 aromatic carbocycles. The number of hydrogen-bond donors (Lipinski definition) is 1. The summed E-state index contributed by atoms with van der Waals surface area (Å²) < 4.78 is 6.90. The third-order valence-corrected chi connectivity index (χ3v) is 5.94. The standard InChI is InChI=1S/C23H22N4O3/c1-3-12-26-19-7-5-4-6-17(19)23(22(26)29)13-20(28)25-21-18(23)14-24-27(21)15-8-10-16(30-2)11-9-15/h4-11,14H,3,12-13H2,1-2H3,(H,25,28)/t23-/m0/s1. The molecule has 7 heteroatoms. The number of amides is 2. The summed E-state index contributed by atoms with van der Waals surface area (Å²) in [4.78, 5) is 28.4. The van der Waals surface area contributed by atoms with Crippen LogP contribution in [0.4, 0.5) is 11.5 Å². The van der Waals surface area contributed by atoms with Crippen LogP contribution in [-0.2, 0) is 15.0 Å². The molecule has 1 N–H and O–H groups in total. The first kappa shape index (κ1) is 18.4. The largest absolute Gasteiger partial charge is 0.497 e. The number of anilines is 2. The molecule has 0 aliphatic carbocycles. The molecule has 0 fully saturated rings. The Bertz CT molecular complexity index is 1150. The van der Waals surface area contributed by atoms with Crippen LogP contribution in [0, 0.1) is 0 Å². The average Bonchev–Trinajstić information content (AvgIpc) is 3.29. The molecule has 0 saturated heterocycles. The zero-order valence-electron chi connectivity index (χ0n) is 16.9. The number of hydrogen-bond acceptors (Lipinski definition) is 4. The number of carbonyl (C=O) groups excluding carboxylic acids is 2. The van der Waals surface area contributed by atoms with Gasteiger partial charge in [-0.2, -0.15) is 5.10 Å². The number of rotatable bonds is 4. The van der Waals surface area contributed by atoms with Gasteiger partial charge in [0.05, 0.1) is 19.0 Å². The van der Waals surface area contributed by atoms with Gasteiger partial charge < -0.3 is 15.0 Å². The number of carbonyl (C=O) groups is 2. The maximum atomic E-state index is 13.8. The first-order chi connectivity index (χ1) is 14.6. The maximum Gasteiger partial charge on any atom is 0.242 e. The Kier molecular flexibility index (Phi) is 4.13. The van der Waals surface area contributed by atoms with Crippen LogP contribution >= 0.6 is 0 Å². The Morgan fingerprint density at radius 3 is 2.60 bits per heavy atom. The molecule has 2 amide bonds. The molecule has 2 aliphatic rings. The SMILES string of the molecule is CCCN1C(=O)[C@@]2(CC(=O)Nc3c2cnn3-c2ccc(OC)cc2)c2ccccc21. The fraction of sp³-hybridized carbons (Fsp3) is 0.261. The second-order valence-corrected chi connectivity index (χ2v) is 7.62. The van der Waals surface area contributed by atoms with Gasteiger partial charge in [-0.05, 0) is 42.3 Å². The molecule has 3 aromatic rings. The number of fused-ring (bicyclic) bond motifs is 4. The summed E-state index contributed by atoms with van der Waals surface area (Å²) in [6.45, 7) is 2.66. The van der Waals surface area contributed by atoms with E-state index in [0.717, 1.165) is 34.7 Å². The fourth-order valence-corrected chi connectivity index (χ4v) is 4.61. The van der Waals surface area contributed by atoms with Gasteiger partial charge in [0.25, 0.3) is 0 Å². The zero-order chi connectivity index (χ0) is 20.9. The van der Waals surface area contributed by atoms with Crippen molar-refractivity contribution in [2.24, 2.45) is 0 Å². The van der Waals surface area contributed by atoms with Crippen LogP contribution in [0.15, 0.2) is 54.7 Å². The smallest absolute Gasteiger partial charge is 0.242 e. The minimum atomic E-state index is -1.05. The minimum Gasteiger partial charge on any atom is -0.497 e. The number of para-hydroxylation sites is 1. The van der Waals surface area contributed by atoms with E-state index < -0.39 is 5.41 Å². The highest BCUT2D eigenvalue weighted by atomic mass is 16.5. The van der Waals surface area contributed by atoms with E-state index in [9.17, 15) is 9.59 Å². The Morgan fingerprint density at radius 2 is 1.87 bits per heavy atom. The van der Waals surface area contributed by atoms with Crippen LogP contribution in [-0.4, -0.2) is 35.2 Å². The topological polar surface area (TPSA) is 76.5 Å². The zero-order valence-corrected chi connectivity index (χ0v) is 16.9. The molecule has 1 aromatic heterocycles. The average molecular weight is 402 g/mol. The van der Waals surface area contributed by atoms with E-state index in [-0.39, 0.29) is 18.2 Å². The van der Waals surface area contributed by atoms with Crippen LogP contribution in [0.25, 0.3) is 5.69 Å². The van der Waals surface area contributed by atoms with Crippen LogP contribution in [0.3, 0.4) is 0 Å². The highest BCUT2D eigenvalue weighted by Gasteiger charge is 2.56. The van der Waals surface area contributed by atoms with Gasteiger partial charge in [0.1, 0.15) is 17.0 Å². The summed E-state index contributed by atoms with van der Waals surface area (Å²) in [7, 11) is 1.61. The Morgan fingerprint density at radius 1 is 1.10 bits per heavy atom. The van der Waals surface area contributed by atoms with Crippen molar-refractivity contribution < 1.29 is 14.3 Å². The van der Waals surface area contributed by atoms with Gasteiger partial charge in [-0.3, -0.25) is 9.59 Å². The van der Waals surface area contributed by atoms with Crippen LogP contribution in [0.1, 0.15) is 30.9 Å². The third kappa shape index (κ3) is 2.41. The summed E-state index contributed by atoms with van der Waals surface area (Å²) in [6.07, 6.45) is 2.62. The predicted octanol–water partition coefficient (Wildman–Crippen LogP) is 3.27. The van der Waals surface area contributed by atoms with Crippen molar-refractivity contribution in [3.63, 3.8) is 0 Å². The van der Waals surface area contributed by atoms with Crippen molar-refractivity contribution >= 4 is 23.3 Å². The summed E-state index contributed by atoms with van der Waals surface area (Å²) in [5.74, 6) is 1.02. The van der Waals surface area contributed by atoms with E-state index in [1.807, 2.05) is 60.4 Å². The van der Waals surface area contributed by atoms with Gasteiger partial charge in [-0.25, -0.2) is 4.68 Å². The number of benzene rings is 2. The molecule has 30 heavy (non-hydrogen) atoms. The second kappa shape index (κ2) is 6.73. The predicted molar refractivity (Wildman–Crippen MR) is 113 cm³/mol. The number of aromatic nitrogens is 2. The van der Waals surface area contributed by atoms with E-state index in [0.29, 0.717) is 12.4 Å². The second-order valence-electron chi connectivity index (χ2n) is 7.62. The van der Waals surface area contributed by atoms with Crippen molar-refractivity contribution in [1.29, 1.82) is 0 Å². The lowest BCUT2D eigenvalue weighted by Gasteiger charge is -2.32. The lowest BCUT2D eigenvalue weighted by atomic mass is 9.72. The molecule has 7 nitrogen and oxygen atoms in total. The molecule has 2 aliphatic heterocycles. The van der Waals surface area contributed by atoms with E-state index in [1.165, 1.54) is 0 Å². The molecule has 5 rings (SSSR count). The number of nitrogens with one attached hydrogen (secondary N) is 1. The minimum absolute atomic E-state index is 0.0593. The van der Waals surface area contributed by atoms with Crippen molar-refractivity contribution in [1.82, 2.24) is 9.78 Å². The van der Waals surface area contributed by atoms with Gasteiger partial charge in [-0.15, -0.1) is 0 Å².